The first-order valence-electron chi connectivity index (χ1n) is 29.8. The van der Waals surface area contributed by atoms with E-state index in [1.807, 2.05) is 0 Å². The van der Waals surface area contributed by atoms with Crippen molar-refractivity contribution >= 4 is 17.9 Å². The molecule has 6 heteroatoms. The SMILES string of the molecule is CCCCCCC/C=C\C/C=C\CCCCCCCCCCCCCC(=O)OCC(COC(=O)CCCCCCCC)OC(=O)CCCCCCCCCCCCCCCCCCCCCC. The first-order valence-corrected chi connectivity index (χ1v) is 29.8. The maximum Gasteiger partial charge on any atom is 0.306 e. The summed E-state index contributed by atoms with van der Waals surface area (Å²) in [4.78, 5) is 37.9. The Labute approximate surface area is 417 Å². The summed E-state index contributed by atoms with van der Waals surface area (Å²) in [5.74, 6) is -0.858. The van der Waals surface area contributed by atoms with Crippen LogP contribution in [-0.2, 0) is 28.6 Å². The average molecular weight is 944 g/mol. The molecular formula is C61H114O6. The summed E-state index contributed by atoms with van der Waals surface area (Å²) in [6, 6.07) is 0. The molecule has 0 rings (SSSR count). The molecule has 394 valence electrons. The van der Waals surface area contributed by atoms with E-state index in [1.54, 1.807) is 0 Å². The number of rotatable bonds is 55. The van der Waals surface area contributed by atoms with Gasteiger partial charge in [0, 0.05) is 19.3 Å². The van der Waals surface area contributed by atoms with E-state index < -0.39 is 6.10 Å². The molecule has 0 aromatic rings. The van der Waals surface area contributed by atoms with Gasteiger partial charge in [0.2, 0.25) is 0 Å². The number of allylic oxidation sites excluding steroid dienone is 4. The molecule has 0 aliphatic heterocycles. The Morgan fingerprint density at radius 3 is 0.821 bits per heavy atom. The van der Waals surface area contributed by atoms with E-state index in [0.717, 1.165) is 64.2 Å². The molecule has 0 spiro atoms. The van der Waals surface area contributed by atoms with Crippen LogP contribution in [0.2, 0.25) is 0 Å². The first-order chi connectivity index (χ1) is 33.0. The second-order valence-corrected chi connectivity index (χ2v) is 20.3. The summed E-state index contributed by atoms with van der Waals surface area (Å²) in [7, 11) is 0. The quantitative estimate of drug-likeness (QED) is 0.0262. The fourth-order valence-electron chi connectivity index (χ4n) is 8.95. The molecule has 67 heavy (non-hydrogen) atoms. The van der Waals surface area contributed by atoms with Crippen LogP contribution >= 0.6 is 0 Å². The van der Waals surface area contributed by atoms with Crippen molar-refractivity contribution in [3.8, 4) is 0 Å². The monoisotopic (exact) mass is 943 g/mol. The molecule has 0 saturated carbocycles. The van der Waals surface area contributed by atoms with Crippen molar-refractivity contribution in [2.75, 3.05) is 13.2 Å². The Morgan fingerprint density at radius 2 is 0.537 bits per heavy atom. The van der Waals surface area contributed by atoms with Crippen LogP contribution in [0.5, 0.6) is 0 Å². The van der Waals surface area contributed by atoms with Gasteiger partial charge in [-0.3, -0.25) is 14.4 Å². The lowest BCUT2D eigenvalue weighted by atomic mass is 10.0. The van der Waals surface area contributed by atoms with Crippen LogP contribution in [0.4, 0.5) is 0 Å². The fourth-order valence-corrected chi connectivity index (χ4v) is 8.95. The van der Waals surface area contributed by atoms with E-state index in [0.29, 0.717) is 19.3 Å². The molecule has 0 radical (unpaired) electrons. The standard InChI is InChI=1S/C61H114O6/c1-4-7-10-13-16-18-20-22-24-26-28-30-31-32-34-35-37-39-41-43-45-48-51-54-60(63)66-57-58(56-65-59(62)53-50-47-15-12-9-6-3)67-61(64)55-52-49-46-44-42-40-38-36-33-29-27-25-23-21-19-17-14-11-8-5-2/h20,22,26,28,58H,4-19,21,23-25,27,29-57H2,1-3H3/b22-20-,28-26-. The van der Waals surface area contributed by atoms with Gasteiger partial charge in [-0.15, -0.1) is 0 Å². The molecule has 0 aliphatic carbocycles. The Bertz CT molecular complexity index is 1080. The normalized spacial score (nSPS) is 12.1. The topological polar surface area (TPSA) is 78.9 Å². The van der Waals surface area contributed by atoms with Gasteiger partial charge in [-0.25, -0.2) is 0 Å². The highest BCUT2D eigenvalue weighted by Gasteiger charge is 2.19. The zero-order chi connectivity index (χ0) is 48.6. The predicted octanol–water partition coefficient (Wildman–Crippen LogP) is 19.9. The molecule has 0 bridgehead atoms. The minimum atomic E-state index is -0.765. The molecule has 1 unspecified atom stereocenters. The van der Waals surface area contributed by atoms with E-state index in [-0.39, 0.29) is 31.1 Å². The third-order valence-corrected chi connectivity index (χ3v) is 13.5. The minimum absolute atomic E-state index is 0.0677. The van der Waals surface area contributed by atoms with Gasteiger partial charge in [-0.05, 0) is 51.4 Å². The highest BCUT2D eigenvalue weighted by atomic mass is 16.6. The van der Waals surface area contributed by atoms with Gasteiger partial charge in [0.05, 0.1) is 0 Å². The Kier molecular flexibility index (Phi) is 54.7. The highest BCUT2D eigenvalue weighted by molar-refractivity contribution is 5.71. The van der Waals surface area contributed by atoms with Crippen LogP contribution in [0.1, 0.15) is 329 Å². The smallest absolute Gasteiger partial charge is 0.306 e. The van der Waals surface area contributed by atoms with Gasteiger partial charge in [0.25, 0.3) is 0 Å². The van der Waals surface area contributed by atoms with Crippen molar-refractivity contribution in [3.63, 3.8) is 0 Å². The van der Waals surface area contributed by atoms with Crippen LogP contribution in [0.3, 0.4) is 0 Å². The zero-order valence-corrected chi connectivity index (χ0v) is 45.2. The molecule has 0 heterocycles. The van der Waals surface area contributed by atoms with Crippen LogP contribution < -0.4 is 0 Å². The van der Waals surface area contributed by atoms with Gasteiger partial charge < -0.3 is 14.2 Å². The second-order valence-electron chi connectivity index (χ2n) is 20.3. The molecule has 0 fully saturated rings. The van der Waals surface area contributed by atoms with Crippen LogP contribution in [0, 0.1) is 0 Å². The van der Waals surface area contributed by atoms with Gasteiger partial charge in [-0.2, -0.15) is 0 Å². The summed E-state index contributed by atoms with van der Waals surface area (Å²) < 4.78 is 16.8. The summed E-state index contributed by atoms with van der Waals surface area (Å²) in [5.41, 5.74) is 0. The maximum atomic E-state index is 12.8. The van der Waals surface area contributed by atoms with E-state index in [1.165, 1.54) is 225 Å². The van der Waals surface area contributed by atoms with Crippen molar-refractivity contribution in [3.05, 3.63) is 24.3 Å². The number of esters is 3. The summed E-state index contributed by atoms with van der Waals surface area (Å²) >= 11 is 0. The Balaban J connectivity index is 4.08. The van der Waals surface area contributed by atoms with Crippen molar-refractivity contribution in [2.45, 2.75) is 335 Å². The third-order valence-electron chi connectivity index (χ3n) is 13.5. The lowest BCUT2D eigenvalue weighted by Crippen LogP contribution is -2.30. The molecule has 0 saturated heterocycles. The number of hydrogen-bond donors (Lipinski definition) is 0. The first kappa shape index (κ1) is 64.9. The molecule has 6 nitrogen and oxygen atoms in total. The highest BCUT2D eigenvalue weighted by Crippen LogP contribution is 2.17. The van der Waals surface area contributed by atoms with Crippen molar-refractivity contribution in [1.82, 2.24) is 0 Å². The van der Waals surface area contributed by atoms with Crippen molar-refractivity contribution in [2.24, 2.45) is 0 Å². The van der Waals surface area contributed by atoms with Gasteiger partial charge >= 0.3 is 17.9 Å². The third kappa shape index (κ3) is 54.7. The molecular weight excluding hydrogens is 829 g/mol. The zero-order valence-electron chi connectivity index (χ0n) is 45.2. The van der Waals surface area contributed by atoms with Crippen LogP contribution in [-0.4, -0.2) is 37.2 Å². The van der Waals surface area contributed by atoms with Gasteiger partial charge in [0.15, 0.2) is 6.10 Å². The number of carbonyl (C=O) groups excluding carboxylic acids is 3. The average Bonchev–Trinajstić information content (AvgIpc) is 3.33. The lowest BCUT2D eigenvalue weighted by Gasteiger charge is -2.18. The van der Waals surface area contributed by atoms with E-state index in [9.17, 15) is 14.4 Å². The van der Waals surface area contributed by atoms with E-state index in [2.05, 4.69) is 45.1 Å². The second kappa shape index (κ2) is 56.5. The molecule has 0 aromatic heterocycles. The molecule has 1 atom stereocenters. The molecule has 0 aliphatic rings. The summed E-state index contributed by atoms with van der Waals surface area (Å²) in [6.45, 7) is 6.62. The lowest BCUT2D eigenvalue weighted by molar-refractivity contribution is -0.167. The van der Waals surface area contributed by atoms with E-state index in [4.69, 9.17) is 14.2 Å². The Morgan fingerprint density at radius 1 is 0.299 bits per heavy atom. The number of unbranched alkanes of at least 4 members (excludes halogenated alkanes) is 40. The minimum Gasteiger partial charge on any atom is -0.462 e. The fraction of sp³-hybridized carbons (Fsp3) is 0.885. The number of ether oxygens (including phenoxy) is 3. The molecule has 0 aromatic carbocycles. The largest absolute Gasteiger partial charge is 0.462 e. The van der Waals surface area contributed by atoms with Gasteiger partial charge in [-0.1, -0.05) is 283 Å². The van der Waals surface area contributed by atoms with Crippen molar-refractivity contribution in [1.29, 1.82) is 0 Å². The predicted molar refractivity (Wildman–Crippen MR) is 289 cm³/mol. The number of hydrogen-bond acceptors (Lipinski definition) is 6. The molecule has 0 amide bonds. The van der Waals surface area contributed by atoms with E-state index >= 15 is 0 Å². The number of carbonyl (C=O) groups is 3. The molecule has 0 N–H and O–H groups in total. The van der Waals surface area contributed by atoms with Crippen LogP contribution in [0.25, 0.3) is 0 Å². The summed E-state index contributed by atoms with van der Waals surface area (Å²) in [6.07, 6.45) is 66.4. The Hall–Kier alpha value is -2.11. The van der Waals surface area contributed by atoms with Crippen molar-refractivity contribution < 1.29 is 28.6 Å². The maximum absolute atomic E-state index is 12.8. The van der Waals surface area contributed by atoms with Crippen LogP contribution in [0.15, 0.2) is 24.3 Å². The summed E-state index contributed by atoms with van der Waals surface area (Å²) in [5, 5.41) is 0. The van der Waals surface area contributed by atoms with Gasteiger partial charge in [0.1, 0.15) is 13.2 Å².